The van der Waals surface area contributed by atoms with Gasteiger partial charge < -0.3 is 10.5 Å². The zero-order valence-electron chi connectivity index (χ0n) is 12.9. The van der Waals surface area contributed by atoms with Crippen LogP contribution < -0.4 is 10.5 Å². The van der Waals surface area contributed by atoms with Crippen LogP contribution in [0.25, 0.3) is 0 Å². The van der Waals surface area contributed by atoms with Crippen molar-refractivity contribution in [2.24, 2.45) is 0 Å². The molecule has 0 aliphatic carbocycles. The maximum absolute atomic E-state index is 5.82. The van der Waals surface area contributed by atoms with Gasteiger partial charge in [-0.15, -0.1) is 0 Å². The molecule has 0 saturated carbocycles. The minimum Gasteiger partial charge on any atom is -0.496 e. The zero-order valence-corrected chi connectivity index (χ0v) is 12.9. The second-order valence-electron chi connectivity index (χ2n) is 5.27. The molecule has 0 bridgehead atoms. The molecule has 0 aliphatic heterocycles. The first-order chi connectivity index (χ1) is 10.2. The molecule has 0 atom stereocenters. The highest BCUT2D eigenvalue weighted by Crippen LogP contribution is 2.23. The molecule has 0 aromatic heterocycles. The van der Waals surface area contributed by atoms with E-state index in [1.165, 1.54) is 11.1 Å². The van der Waals surface area contributed by atoms with E-state index in [4.69, 9.17) is 10.5 Å². The number of nitrogen functional groups attached to an aromatic ring is 1. The Morgan fingerprint density at radius 2 is 1.81 bits per heavy atom. The number of ether oxygens (including phenoxy) is 1. The number of nitrogens with two attached hydrogens (primary N) is 1. The van der Waals surface area contributed by atoms with Gasteiger partial charge in [-0.2, -0.15) is 0 Å². The fraction of sp³-hybridized carbons (Fsp3) is 0.333. The number of rotatable bonds is 7. The third kappa shape index (κ3) is 4.50. The molecular weight excluding hydrogens is 260 g/mol. The average molecular weight is 284 g/mol. The molecule has 3 nitrogen and oxygen atoms in total. The SMILES string of the molecule is CCCN(Cc1ccccc1)Cc1ccc(N)cc1OC. The van der Waals surface area contributed by atoms with E-state index in [-0.39, 0.29) is 0 Å². The molecule has 2 rings (SSSR count). The molecule has 2 aromatic rings. The maximum atomic E-state index is 5.82. The Hall–Kier alpha value is -2.00. The number of hydrogen-bond donors (Lipinski definition) is 1. The Morgan fingerprint density at radius 1 is 1.05 bits per heavy atom. The lowest BCUT2D eigenvalue weighted by Crippen LogP contribution is -2.24. The van der Waals surface area contributed by atoms with Crippen molar-refractivity contribution >= 4 is 5.69 Å². The van der Waals surface area contributed by atoms with Crippen LogP contribution in [0.5, 0.6) is 5.75 Å². The predicted octanol–water partition coefficient (Wildman–Crippen LogP) is 3.69. The first-order valence-corrected chi connectivity index (χ1v) is 7.41. The van der Waals surface area contributed by atoms with Crippen LogP contribution in [0.4, 0.5) is 5.69 Å². The molecule has 0 fully saturated rings. The molecule has 21 heavy (non-hydrogen) atoms. The van der Waals surface area contributed by atoms with Crippen molar-refractivity contribution in [3.05, 3.63) is 59.7 Å². The van der Waals surface area contributed by atoms with Gasteiger partial charge in [0, 0.05) is 30.4 Å². The van der Waals surface area contributed by atoms with E-state index >= 15 is 0 Å². The minimum absolute atomic E-state index is 0.737. The Morgan fingerprint density at radius 3 is 2.48 bits per heavy atom. The highest BCUT2D eigenvalue weighted by atomic mass is 16.5. The first-order valence-electron chi connectivity index (χ1n) is 7.41. The summed E-state index contributed by atoms with van der Waals surface area (Å²) in [5.74, 6) is 0.865. The quantitative estimate of drug-likeness (QED) is 0.788. The predicted molar refractivity (Wildman–Crippen MR) is 88.3 cm³/mol. The van der Waals surface area contributed by atoms with E-state index in [0.717, 1.165) is 37.5 Å². The monoisotopic (exact) mass is 284 g/mol. The standard InChI is InChI=1S/C18H24N2O/c1-3-11-20(13-15-7-5-4-6-8-15)14-16-9-10-17(19)12-18(16)21-2/h4-10,12H,3,11,13-14,19H2,1-2H3. The van der Waals surface area contributed by atoms with Crippen molar-refractivity contribution in [3.63, 3.8) is 0 Å². The lowest BCUT2D eigenvalue weighted by atomic mass is 10.1. The molecule has 3 heteroatoms. The fourth-order valence-electron chi connectivity index (χ4n) is 2.50. The van der Waals surface area contributed by atoms with Crippen LogP contribution in [-0.4, -0.2) is 18.6 Å². The summed E-state index contributed by atoms with van der Waals surface area (Å²) in [6.45, 7) is 5.08. The molecule has 0 spiro atoms. The van der Waals surface area contributed by atoms with E-state index in [0.29, 0.717) is 0 Å². The number of methoxy groups -OCH3 is 1. The minimum atomic E-state index is 0.737. The van der Waals surface area contributed by atoms with Crippen LogP contribution >= 0.6 is 0 Å². The van der Waals surface area contributed by atoms with Crippen molar-refractivity contribution in [2.75, 3.05) is 19.4 Å². The van der Waals surface area contributed by atoms with Gasteiger partial charge in [-0.25, -0.2) is 0 Å². The Bertz CT molecular complexity index is 554. The third-order valence-electron chi connectivity index (χ3n) is 3.49. The topological polar surface area (TPSA) is 38.5 Å². The second kappa shape index (κ2) is 7.70. The van der Waals surface area contributed by atoms with Gasteiger partial charge in [0.2, 0.25) is 0 Å². The summed E-state index contributed by atoms with van der Waals surface area (Å²) in [5, 5.41) is 0. The lowest BCUT2D eigenvalue weighted by molar-refractivity contribution is 0.253. The second-order valence-corrected chi connectivity index (χ2v) is 5.27. The fourth-order valence-corrected chi connectivity index (χ4v) is 2.50. The summed E-state index contributed by atoms with van der Waals surface area (Å²) in [6.07, 6.45) is 1.13. The van der Waals surface area contributed by atoms with Gasteiger partial charge in [0.25, 0.3) is 0 Å². The molecule has 2 N–H and O–H groups in total. The summed E-state index contributed by atoms with van der Waals surface area (Å²) in [6, 6.07) is 16.4. The van der Waals surface area contributed by atoms with E-state index in [9.17, 15) is 0 Å². The molecular formula is C18H24N2O. The van der Waals surface area contributed by atoms with Gasteiger partial charge in [-0.05, 0) is 24.6 Å². The van der Waals surface area contributed by atoms with Gasteiger partial charge in [0.1, 0.15) is 5.75 Å². The molecule has 0 saturated heterocycles. The van der Waals surface area contributed by atoms with Gasteiger partial charge in [0.05, 0.1) is 7.11 Å². The van der Waals surface area contributed by atoms with E-state index < -0.39 is 0 Å². The van der Waals surface area contributed by atoms with Crippen LogP contribution in [0.2, 0.25) is 0 Å². The molecule has 0 heterocycles. The smallest absolute Gasteiger partial charge is 0.125 e. The molecule has 0 radical (unpaired) electrons. The zero-order chi connectivity index (χ0) is 15.1. The van der Waals surface area contributed by atoms with Crippen molar-refractivity contribution < 1.29 is 4.74 Å². The summed E-state index contributed by atoms with van der Waals surface area (Å²) in [5.41, 5.74) is 9.07. The number of nitrogens with zero attached hydrogens (tertiary/aromatic N) is 1. The maximum Gasteiger partial charge on any atom is 0.125 e. The largest absolute Gasteiger partial charge is 0.496 e. The molecule has 112 valence electrons. The van der Waals surface area contributed by atoms with E-state index in [1.54, 1.807) is 7.11 Å². The van der Waals surface area contributed by atoms with Gasteiger partial charge in [-0.3, -0.25) is 4.90 Å². The molecule has 2 aromatic carbocycles. The lowest BCUT2D eigenvalue weighted by Gasteiger charge is -2.23. The van der Waals surface area contributed by atoms with Crippen LogP contribution in [0, 0.1) is 0 Å². The van der Waals surface area contributed by atoms with Gasteiger partial charge >= 0.3 is 0 Å². The Balaban J connectivity index is 2.12. The number of anilines is 1. The Labute approximate surface area is 127 Å². The summed E-state index contributed by atoms with van der Waals surface area (Å²) < 4.78 is 5.45. The van der Waals surface area contributed by atoms with E-state index in [1.807, 2.05) is 12.1 Å². The first kappa shape index (κ1) is 15.4. The van der Waals surface area contributed by atoms with Crippen molar-refractivity contribution in [3.8, 4) is 5.75 Å². The average Bonchev–Trinajstić information content (AvgIpc) is 2.50. The highest BCUT2D eigenvalue weighted by Gasteiger charge is 2.10. The van der Waals surface area contributed by atoms with Crippen LogP contribution in [0.3, 0.4) is 0 Å². The molecule has 0 unspecified atom stereocenters. The summed E-state index contributed by atoms with van der Waals surface area (Å²) in [7, 11) is 1.69. The van der Waals surface area contributed by atoms with Crippen LogP contribution in [-0.2, 0) is 13.1 Å². The van der Waals surface area contributed by atoms with Gasteiger partial charge in [-0.1, -0.05) is 43.3 Å². The summed E-state index contributed by atoms with van der Waals surface area (Å²) in [4.78, 5) is 2.43. The molecule has 0 amide bonds. The summed E-state index contributed by atoms with van der Waals surface area (Å²) >= 11 is 0. The van der Waals surface area contributed by atoms with Crippen molar-refractivity contribution in [1.82, 2.24) is 4.90 Å². The third-order valence-corrected chi connectivity index (χ3v) is 3.49. The normalized spacial score (nSPS) is 10.8. The highest BCUT2D eigenvalue weighted by molar-refractivity contribution is 5.48. The number of hydrogen-bond acceptors (Lipinski definition) is 3. The van der Waals surface area contributed by atoms with E-state index in [2.05, 4.69) is 48.2 Å². The van der Waals surface area contributed by atoms with Crippen LogP contribution in [0.1, 0.15) is 24.5 Å². The van der Waals surface area contributed by atoms with Gasteiger partial charge in [0.15, 0.2) is 0 Å². The van der Waals surface area contributed by atoms with Crippen molar-refractivity contribution in [2.45, 2.75) is 26.4 Å². The van der Waals surface area contributed by atoms with Crippen LogP contribution in [0.15, 0.2) is 48.5 Å². The Kier molecular flexibility index (Phi) is 5.64. The molecule has 0 aliphatic rings. The number of benzene rings is 2. The van der Waals surface area contributed by atoms with Crippen molar-refractivity contribution in [1.29, 1.82) is 0 Å².